The third-order valence-corrected chi connectivity index (χ3v) is 4.54. The summed E-state index contributed by atoms with van der Waals surface area (Å²) in [5.41, 5.74) is 5.53. The van der Waals surface area contributed by atoms with Crippen LogP contribution in [0.2, 0.25) is 0 Å². The third kappa shape index (κ3) is 2.68. The minimum Gasteiger partial charge on any atom is -0.277 e. The number of benzene rings is 3. The van der Waals surface area contributed by atoms with Gasteiger partial charge in [-0.05, 0) is 12.1 Å². The quantitative estimate of drug-likeness (QED) is 0.453. The summed E-state index contributed by atoms with van der Waals surface area (Å²) in [6.45, 7) is 0. The molecule has 2 aromatic heterocycles. The molecule has 0 N–H and O–H groups in total. The Bertz CT molecular complexity index is 1200. The molecule has 128 valence electrons. The van der Waals surface area contributed by atoms with Crippen molar-refractivity contribution in [2.45, 2.75) is 0 Å². The predicted molar refractivity (Wildman–Crippen MR) is 108 cm³/mol. The Morgan fingerprint density at radius 2 is 1.19 bits per heavy atom. The molecule has 0 aliphatic rings. The molecule has 0 aliphatic carbocycles. The third-order valence-electron chi connectivity index (χ3n) is 4.54. The van der Waals surface area contributed by atoms with Crippen molar-refractivity contribution in [3.63, 3.8) is 0 Å². The summed E-state index contributed by atoms with van der Waals surface area (Å²) in [6.07, 6.45) is 1.61. The lowest BCUT2D eigenvalue weighted by Crippen LogP contribution is -1.98. The Labute approximate surface area is 156 Å². The Kier molecular flexibility index (Phi) is 3.72. The van der Waals surface area contributed by atoms with E-state index in [2.05, 4.69) is 38.8 Å². The molecule has 0 saturated carbocycles. The van der Waals surface area contributed by atoms with Crippen LogP contribution in [0.5, 0.6) is 0 Å². The van der Waals surface area contributed by atoms with Crippen molar-refractivity contribution < 1.29 is 0 Å². The van der Waals surface area contributed by atoms with Gasteiger partial charge < -0.3 is 0 Å². The van der Waals surface area contributed by atoms with Crippen LogP contribution >= 0.6 is 0 Å². The van der Waals surface area contributed by atoms with Crippen molar-refractivity contribution in [2.75, 3.05) is 0 Å². The van der Waals surface area contributed by atoms with Crippen LogP contribution in [0.3, 0.4) is 0 Å². The van der Waals surface area contributed by atoms with Gasteiger partial charge in [0.15, 0.2) is 5.65 Å². The summed E-state index contributed by atoms with van der Waals surface area (Å²) in [7, 11) is 0. The smallest absolute Gasteiger partial charge is 0.168 e. The van der Waals surface area contributed by atoms with Crippen LogP contribution in [0.25, 0.3) is 39.5 Å². The highest BCUT2D eigenvalue weighted by Gasteiger charge is 2.18. The van der Waals surface area contributed by atoms with E-state index in [1.54, 1.807) is 6.33 Å². The Balaban J connectivity index is 1.86. The van der Waals surface area contributed by atoms with Gasteiger partial charge in [-0.25, -0.2) is 15.0 Å². The van der Waals surface area contributed by atoms with E-state index in [0.717, 1.165) is 39.5 Å². The molecule has 27 heavy (non-hydrogen) atoms. The van der Waals surface area contributed by atoms with Gasteiger partial charge in [0.2, 0.25) is 0 Å². The van der Waals surface area contributed by atoms with E-state index in [9.17, 15) is 0 Å². The Morgan fingerprint density at radius 3 is 1.85 bits per heavy atom. The largest absolute Gasteiger partial charge is 0.277 e. The highest BCUT2D eigenvalue weighted by Crippen LogP contribution is 2.31. The number of imidazole rings is 1. The topological polar surface area (TPSA) is 43.6 Å². The monoisotopic (exact) mass is 348 g/mol. The highest BCUT2D eigenvalue weighted by atomic mass is 15.1. The maximum atomic E-state index is 4.97. The minimum absolute atomic E-state index is 0.798. The van der Waals surface area contributed by atoms with E-state index in [-0.39, 0.29) is 0 Å². The molecule has 0 atom stereocenters. The van der Waals surface area contributed by atoms with E-state index < -0.39 is 0 Å². The summed E-state index contributed by atoms with van der Waals surface area (Å²) in [4.78, 5) is 14.1. The fraction of sp³-hybridized carbons (Fsp3) is 0. The zero-order chi connectivity index (χ0) is 18.1. The highest BCUT2D eigenvalue weighted by molar-refractivity contribution is 5.91. The standard InChI is InChI=1S/C23H16N4/c1-4-10-17(11-5-1)20-21-23(25-16-24-20)27(19-14-8-3-9-15-19)22(26-21)18-12-6-2-7-13-18/h1-16H. The fourth-order valence-electron chi connectivity index (χ4n) is 3.30. The summed E-state index contributed by atoms with van der Waals surface area (Å²) in [5, 5.41) is 0. The molecule has 4 heteroatoms. The first-order valence-electron chi connectivity index (χ1n) is 8.81. The van der Waals surface area contributed by atoms with Gasteiger partial charge in [0, 0.05) is 16.8 Å². The van der Waals surface area contributed by atoms with Gasteiger partial charge in [-0.15, -0.1) is 0 Å². The van der Waals surface area contributed by atoms with Crippen LogP contribution in [0.15, 0.2) is 97.3 Å². The molecule has 0 spiro atoms. The fourth-order valence-corrected chi connectivity index (χ4v) is 3.30. The molecule has 3 aromatic carbocycles. The lowest BCUT2D eigenvalue weighted by molar-refractivity contribution is 1.07. The number of nitrogens with zero attached hydrogens (tertiary/aromatic N) is 4. The van der Waals surface area contributed by atoms with Gasteiger partial charge in [-0.2, -0.15) is 0 Å². The van der Waals surface area contributed by atoms with Crippen molar-refractivity contribution in [3.05, 3.63) is 97.3 Å². The van der Waals surface area contributed by atoms with E-state index >= 15 is 0 Å². The van der Waals surface area contributed by atoms with Crippen molar-refractivity contribution >= 4 is 11.2 Å². The molecule has 4 nitrogen and oxygen atoms in total. The summed E-state index contributed by atoms with van der Waals surface area (Å²) in [5.74, 6) is 0.856. The van der Waals surface area contributed by atoms with Gasteiger partial charge in [-0.3, -0.25) is 4.57 Å². The van der Waals surface area contributed by atoms with Crippen LogP contribution in [-0.2, 0) is 0 Å². The minimum atomic E-state index is 0.798. The van der Waals surface area contributed by atoms with Crippen LogP contribution in [0.4, 0.5) is 0 Å². The van der Waals surface area contributed by atoms with Gasteiger partial charge in [-0.1, -0.05) is 78.9 Å². The van der Waals surface area contributed by atoms with Crippen LogP contribution in [0.1, 0.15) is 0 Å². The normalized spacial score (nSPS) is 11.0. The van der Waals surface area contributed by atoms with Crippen molar-refractivity contribution in [3.8, 4) is 28.3 Å². The SMILES string of the molecule is c1ccc(-c2ncnc3c2nc(-c2ccccc2)n3-c2ccccc2)cc1. The second kappa shape index (κ2) is 6.50. The summed E-state index contributed by atoms with van der Waals surface area (Å²) < 4.78 is 2.10. The van der Waals surface area contributed by atoms with Gasteiger partial charge >= 0.3 is 0 Å². The van der Waals surface area contributed by atoms with Crippen LogP contribution in [-0.4, -0.2) is 19.5 Å². The van der Waals surface area contributed by atoms with Gasteiger partial charge in [0.05, 0.1) is 0 Å². The number of rotatable bonds is 3. The average molecular weight is 348 g/mol. The zero-order valence-electron chi connectivity index (χ0n) is 14.5. The van der Waals surface area contributed by atoms with Gasteiger partial charge in [0.25, 0.3) is 0 Å². The number of hydrogen-bond acceptors (Lipinski definition) is 3. The molecule has 0 bridgehead atoms. The van der Waals surface area contributed by atoms with Crippen LogP contribution in [0, 0.1) is 0 Å². The molecule has 5 aromatic rings. The second-order valence-electron chi connectivity index (χ2n) is 6.23. The first-order chi connectivity index (χ1) is 13.4. The second-order valence-corrected chi connectivity index (χ2v) is 6.23. The first kappa shape index (κ1) is 15.5. The molecule has 0 aliphatic heterocycles. The number of hydrogen-bond donors (Lipinski definition) is 0. The van der Waals surface area contributed by atoms with Crippen molar-refractivity contribution in [2.24, 2.45) is 0 Å². The summed E-state index contributed by atoms with van der Waals surface area (Å²) in [6, 6.07) is 30.5. The van der Waals surface area contributed by atoms with Crippen LogP contribution < -0.4 is 0 Å². The molecule has 0 unspecified atom stereocenters. The maximum absolute atomic E-state index is 4.97. The summed E-state index contributed by atoms with van der Waals surface area (Å²) >= 11 is 0. The van der Waals surface area contributed by atoms with Crippen molar-refractivity contribution in [1.82, 2.24) is 19.5 Å². The lowest BCUT2D eigenvalue weighted by atomic mass is 10.1. The number of para-hydroxylation sites is 1. The predicted octanol–water partition coefficient (Wildman–Crippen LogP) is 5.15. The maximum Gasteiger partial charge on any atom is 0.168 e. The Morgan fingerprint density at radius 1 is 0.593 bits per heavy atom. The molecular formula is C23H16N4. The first-order valence-corrected chi connectivity index (χ1v) is 8.81. The number of aromatic nitrogens is 4. The molecule has 0 radical (unpaired) electrons. The average Bonchev–Trinajstić information content (AvgIpc) is 3.15. The lowest BCUT2D eigenvalue weighted by Gasteiger charge is -2.08. The van der Waals surface area contributed by atoms with Gasteiger partial charge in [0.1, 0.15) is 23.4 Å². The molecule has 2 heterocycles. The zero-order valence-corrected chi connectivity index (χ0v) is 14.5. The Hall–Kier alpha value is -3.79. The molecule has 0 fully saturated rings. The van der Waals surface area contributed by atoms with E-state index in [0.29, 0.717) is 0 Å². The van der Waals surface area contributed by atoms with E-state index in [1.807, 2.05) is 66.7 Å². The number of fused-ring (bicyclic) bond motifs is 1. The molecular weight excluding hydrogens is 332 g/mol. The van der Waals surface area contributed by atoms with Crippen molar-refractivity contribution in [1.29, 1.82) is 0 Å². The molecule has 0 amide bonds. The molecule has 5 rings (SSSR count). The van der Waals surface area contributed by atoms with E-state index in [4.69, 9.17) is 4.98 Å². The molecule has 0 saturated heterocycles. The van der Waals surface area contributed by atoms with E-state index in [1.165, 1.54) is 0 Å².